The van der Waals surface area contributed by atoms with Crippen molar-refractivity contribution in [2.45, 2.75) is 38.6 Å². The highest BCUT2D eigenvalue weighted by Gasteiger charge is 2.25. The Balaban J connectivity index is 1.30. The number of nitrogens with zero attached hydrogens (tertiary/aromatic N) is 1. The minimum atomic E-state index is -1.18. The van der Waals surface area contributed by atoms with Crippen molar-refractivity contribution in [1.29, 1.82) is 0 Å². The molecule has 1 unspecified atom stereocenters. The lowest BCUT2D eigenvalue weighted by Crippen LogP contribution is -2.29. The highest BCUT2D eigenvalue weighted by atomic mass is 32.2. The maximum absolute atomic E-state index is 13.8. The van der Waals surface area contributed by atoms with E-state index in [9.17, 15) is 18.2 Å². The normalized spacial score (nSPS) is 17.7. The molecule has 7 nitrogen and oxygen atoms in total. The first-order valence-electron chi connectivity index (χ1n) is 9.63. The predicted molar refractivity (Wildman–Crippen MR) is 103 cm³/mol. The second-order valence-corrected chi connectivity index (χ2v) is 8.61. The second-order valence-electron chi connectivity index (χ2n) is 7.23. The van der Waals surface area contributed by atoms with Crippen LogP contribution in [0.2, 0.25) is 0 Å². The van der Waals surface area contributed by atoms with Gasteiger partial charge in [0.2, 0.25) is 5.91 Å². The fourth-order valence-electron chi connectivity index (χ4n) is 2.87. The highest BCUT2D eigenvalue weighted by Crippen LogP contribution is 2.30. The fraction of sp³-hybridized carbons (Fsp3) is 0.579. The summed E-state index contributed by atoms with van der Waals surface area (Å²) in [6.45, 7) is 1.57. The lowest BCUT2D eigenvalue weighted by Gasteiger charge is -2.12. The molecule has 9 heteroatoms. The Morgan fingerprint density at radius 1 is 1.25 bits per heavy atom. The molecule has 0 radical (unpaired) electrons. The smallest absolute Gasteiger partial charge is 0.324 e. The zero-order chi connectivity index (χ0) is 19.9. The van der Waals surface area contributed by atoms with Gasteiger partial charge in [-0.2, -0.15) is 0 Å². The number of imide groups is 1. The zero-order valence-electron chi connectivity index (χ0n) is 15.7. The van der Waals surface area contributed by atoms with Gasteiger partial charge in [-0.1, -0.05) is 12.5 Å². The van der Waals surface area contributed by atoms with Crippen molar-refractivity contribution in [2.75, 3.05) is 25.4 Å². The monoisotopic (exact) mass is 411 g/mol. The van der Waals surface area contributed by atoms with E-state index in [0.29, 0.717) is 31.4 Å². The highest BCUT2D eigenvalue weighted by molar-refractivity contribution is 7.82. The number of ether oxygens (including phenoxy) is 1. The van der Waals surface area contributed by atoms with Crippen LogP contribution in [0.1, 0.15) is 37.7 Å². The molecule has 1 heterocycles. The van der Waals surface area contributed by atoms with Gasteiger partial charge < -0.3 is 9.64 Å². The number of amides is 3. The Hall–Kier alpha value is -2.00. The number of benzene rings is 1. The average Bonchev–Trinajstić information content (AvgIpc) is 3.43. The van der Waals surface area contributed by atoms with Crippen molar-refractivity contribution in [3.8, 4) is 5.75 Å². The van der Waals surface area contributed by atoms with Crippen LogP contribution in [0.5, 0.6) is 5.75 Å². The SMILES string of the molecule is O=C1CN(CCCCCS(=O)NCc2ccc(F)c(OCC3CC3)c2)C(=O)N1. The van der Waals surface area contributed by atoms with Crippen molar-refractivity contribution in [3.05, 3.63) is 29.6 Å². The van der Waals surface area contributed by atoms with E-state index in [1.54, 1.807) is 12.1 Å². The summed E-state index contributed by atoms with van der Waals surface area (Å²) in [6.07, 6.45) is 4.62. The molecule has 28 heavy (non-hydrogen) atoms. The summed E-state index contributed by atoms with van der Waals surface area (Å²) < 4.78 is 34.3. The Labute approximate surface area is 166 Å². The van der Waals surface area contributed by atoms with E-state index in [4.69, 9.17) is 4.74 Å². The average molecular weight is 411 g/mol. The van der Waals surface area contributed by atoms with E-state index in [-0.39, 0.29) is 30.0 Å². The lowest BCUT2D eigenvalue weighted by molar-refractivity contribution is -0.118. The molecule has 154 valence electrons. The van der Waals surface area contributed by atoms with Crippen molar-refractivity contribution >= 4 is 22.9 Å². The first-order chi connectivity index (χ1) is 13.5. The van der Waals surface area contributed by atoms with Gasteiger partial charge in [-0.15, -0.1) is 0 Å². The molecule has 1 saturated carbocycles. The second kappa shape index (κ2) is 9.97. The Morgan fingerprint density at radius 3 is 2.79 bits per heavy atom. The number of halogens is 1. The molecule has 1 aromatic rings. The molecule has 2 N–H and O–H groups in total. The molecule has 1 saturated heterocycles. The molecule has 1 atom stereocenters. The van der Waals surface area contributed by atoms with Gasteiger partial charge in [-0.05, 0) is 49.3 Å². The van der Waals surface area contributed by atoms with E-state index in [2.05, 4.69) is 10.0 Å². The zero-order valence-corrected chi connectivity index (χ0v) is 16.6. The van der Waals surface area contributed by atoms with Crippen LogP contribution in [0.15, 0.2) is 18.2 Å². The number of carbonyl (C=O) groups is 2. The van der Waals surface area contributed by atoms with Crippen LogP contribution in [0.25, 0.3) is 0 Å². The van der Waals surface area contributed by atoms with E-state index >= 15 is 0 Å². The molecular weight excluding hydrogens is 385 g/mol. The first kappa shape index (κ1) is 20.7. The third-order valence-electron chi connectivity index (χ3n) is 4.73. The number of rotatable bonds is 12. The van der Waals surface area contributed by atoms with Crippen LogP contribution in [0.4, 0.5) is 9.18 Å². The van der Waals surface area contributed by atoms with Gasteiger partial charge >= 0.3 is 6.03 Å². The fourth-order valence-corrected chi connectivity index (χ4v) is 3.81. The van der Waals surface area contributed by atoms with Gasteiger partial charge in [-0.3, -0.25) is 10.1 Å². The molecule has 3 rings (SSSR count). The molecule has 2 fully saturated rings. The Morgan fingerprint density at radius 2 is 2.07 bits per heavy atom. The summed E-state index contributed by atoms with van der Waals surface area (Å²) >= 11 is 0. The summed E-state index contributed by atoms with van der Waals surface area (Å²) in [5.74, 6) is 0.656. The van der Waals surface area contributed by atoms with Crippen LogP contribution in [-0.2, 0) is 22.3 Å². The third-order valence-corrected chi connectivity index (χ3v) is 5.86. The maximum Gasteiger partial charge on any atom is 0.324 e. The van der Waals surface area contributed by atoms with Crippen molar-refractivity contribution in [3.63, 3.8) is 0 Å². The van der Waals surface area contributed by atoms with Crippen LogP contribution >= 0.6 is 0 Å². The van der Waals surface area contributed by atoms with Crippen molar-refractivity contribution < 1.29 is 22.9 Å². The first-order valence-corrected chi connectivity index (χ1v) is 10.9. The maximum atomic E-state index is 13.8. The minimum absolute atomic E-state index is 0.121. The lowest BCUT2D eigenvalue weighted by atomic mass is 10.2. The molecule has 2 aliphatic rings. The molecule has 1 aliphatic heterocycles. The number of urea groups is 1. The third kappa shape index (κ3) is 6.56. The molecule has 1 aromatic carbocycles. The quantitative estimate of drug-likeness (QED) is 0.407. The minimum Gasteiger partial charge on any atom is -0.490 e. The van der Waals surface area contributed by atoms with Gasteiger partial charge in [0.05, 0.1) is 17.6 Å². The van der Waals surface area contributed by atoms with Crippen LogP contribution in [0.3, 0.4) is 0 Å². The number of hydrogen-bond donors (Lipinski definition) is 2. The van der Waals surface area contributed by atoms with Gasteiger partial charge in [0.15, 0.2) is 11.6 Å². The topological polar surface area (TPSA) is 87.7 Å². The summed E-state index contributed by atoms with van der Waals surface area (Å²) in [4.78, 5) is 24.0. The van der Waals surface area contributed by atoms with Gasteiger partial charge in [0.1, 0.15) is 6.54 Å². The van der Waals surface area contributed by atoms with Gasteiger partial charge in [0, 0.05) is 18.8 Å². The van der Waals surface area contributed by atoms with E-state index in [1.165, 1.54) is 11.0 Å². The standard InChI is InChI=1S/C19H26FN3O4S/c20-16-7-6-15(10-17(16)27-13-14-4-5-14)11-21-28(26)9-3-1-2-8-23-12-18(24)22-19(23)25/h6-7,10,14,21H,1-5,8-9,11-13H2,(H,22,24,25). The molecular formula is C19H26FN3O4S. The summed E-state index contributed by atoms with van der Waals surface area (Å²) in [5, 5.41) is 2.24. The van der Waals surface area contributed by atoms with Crippen molar-refractivity contribution in [1.82, 2.24) is 14.9 Å². The number of carbonyl (C=O) groups excluding carboxylic acids is 2. The van der Waals surface area contributed by atoms with E-state index in [1.807, 2.05) is 0 Å². The molecule has 0 spiro atoms. The molecule has 0 aromatic heterocycles. The van der Waals surface area contributed by atoms with E-state index in [0.717, 1.165) is 37.7 Å². The predicted octanol–water partition coefficient (Wildman–Crippen LogP) is 2.09. The van der Waals surface area contributed by atoms with Crippen molar-refractivity contribution in [2.24, 2.45) is 5.92 Å². The summed E-state index contributed by atoms with van der Waals surface area (Å²) in [7, 11) is -1.18. The molecule has 0 bridgehead atoms. The van der Waals surface area contributed by atoms with Crippen LogP contribution in [-0.4, -0.2) is 46.5 Å². The van der Waals surface area contributed by atoms with Crippen LogP contribution in [0, 0.1) is 11.7 Å². The van der Waals surface area contributed by atoms with Crippen LogP contribution < -0.4 is 14.8 Å². The van der Waals surface area contributed by atoms with Gasteiger partial charge in [-0.25, -0.2) is 18.1 Å². The largest absolute Gasteiger partial charge is 0.490 e. The summed E-state index contributed by atoms with van der Waals surface area (Å²) in [6, 6.07) is 4.35. The van der Waals surface area contributed by atoms with E-state index < -0.39 is 11.0 Å². The number of unbranched alkanes of at least 4 members (excludes halogenated alkanes) is 2. The molecule has 3 amide bonds. The number of hydrogen-bond acceptors (Lipinski definition) is 4. The Kier molecular flexibility index (Phi) is 7.38. The number of nitrogens with one attached hydrogen (secondary N) is 2. The molecule has 1 aliphatic carbocycles. The van der Waals surface area contributed by atoms with Gasteiger partial charge in [0.25, 0.3) is 0 Å². The Bertz CT molecular complexity index is 742. The summed E-state index contributed by atoms with van der Waals surface area (Å²) in [5.41, 5.74) is 0.824.